The Bertz CT molecular complexity index is 534. The number of nitrogen functional groups attached to an aromatic ring is 1. The van der Waals surface area contributed by atoms with Crippen molar-refractivity contribution in [1.29, 1.82) is 0 Å². The molecule has 0 atom stereocenters. The number of hydrogen-bond acceptors (Lipinski definition) is 4. The molecule has 2 heterocycles. The summed E-state index contributed by atoms with van der Waals surface area (Å²) in [4.78, 5) is 9.77. The molecule has 0 aliphatic heterocycles. The summed E-state index contributed by atoms with van der Waals surface area (Å²) in [6.07, 6.45) is 2.34. The molecule has 0 aromatic carbocycles. The van der Waals surface area contributed by atoms with E-state index in [0.717, 1.165) is 21.4 Å². The number of aromatic nitrogens is 2. The highest BCUT2D eigenvalue weighted by molar-refractivity contribution is 7.14. The van der Waals surface area contributed by atoms with Gasteiger partial charge in [0.2, 0.25) is 0 Å². The third kappa shape index (κ3) is 1.79. The molecule has 1 saturated carbocycles. The molecule has 0 radical (unpaired) electrons. The number of rotatable bonds is 2. The van der Waals surface area contributed by atoms with Gasteiger partial charge < -0.3 is 5.73 Å². The van der Waals surface area contributed by atoms with Crippen LogP contribution in [0.3, 0.4) is 0 Å². The van der Waals surface area contributed by atoms with Gasteiger partial charge in [-0.25, -0.2) is 9.97 Å². The van der Waals surface area contributed by atoms with Gasteiger partial charge in [-0.15, -0.1) is 11.3 Å². The van der Waals surface area contributed by atoms with Gasteiger partial charge in [-0.1, -0.05) is 11.6 Å². The smallest absolute Gasteiger partial charge is 0.134 e. The van der Waals surface area contributed by atoms with Crippen LogP contribution in [0.25, 0.3) is 10.6 Å². The predicted molar refractivity (Wildman–Crippen MR) is 66.7 cm³/mol. The van der Waals surface area contributed by atoms with Gasteiger partial charge in [0.1, 0.15) is 11.6 Å². The van der Waals surface area contributed by atoms with Crippen LogP contribution in [0.4, 0.5) is 5.82 Å². The minimum Gasteiger partial charge on any atom is -0.384 e. The zero-order valence-corrected chi connectivity index (χ0v) is 10.1. The summed E-state index contributed by atoms with van der Waals surface area (Å²) in [5.74, 6) is 1.89. The van der Waals surface area contributed by atoms with Gasteiger partial charge in [0.15, 0.2) is 0 Å². The Morgan fingerprint density at radius 2 is 2.19 bits per heavy atom. The third-order valence-electron chi connectivity index (χ3n) is 2.56. The summed E-state index contributed by atoms with van der Waals surface area (Å²) in [5.41, 5.74) is 6.63. The van der Waals surface area contributed by atoms with Crippen molar-refractivity contribution < 1.29 is 0 Å². The maximum absolute atomic E-state index is 6.08. The fraction of sp³-hybridized carbons (Fsp3) is 0.273. The molecule has 2 N–H and O–H groups in total. The molecule has 2 aromatic heterocycles. The van der Waals surface area contributed by atoms with Crippen molar-refractivity contribution in [2.45, 2.75) is 18.8 Å². The van der Waals surface area contributed by atoms with E-state index < -0.39 is 0 Å². The molecular weight excluding hydrogens is 242 g/mol. The van der Waals surface area contributed by atoms with Crippen LogP contribution in [-0.4, -0.2) is 9.97 Å². The van der Waals surface area contributed by atoms with Crippen molar-refractivity contribution in [3.05, 3.63) is 28.4 Å². The predicted octanol–water partition coefficient (Wildman–Crippen LogP) is 3.32. The topological polar surface area (TPSA) is 51.8 Å². The summed E-state index contributed by atoms with van der Waals surface area (Å²) >= 11 is 7.66. The number of hydrogen-bond donors (Lipinski definition) is 1. The van der Waals surface area contributed by atoms with Crippen LogP contribution in [0.15, 0.2) is 17.5 Å². The lowest BCUT2D eigenvalue weighted by Gasteiger charge is -2.03. The number of thiophene rings is 1. The molecule has 1 aliphatic carbocycles. The number of anilines is 1. The van der Waals surface area contributed by atoms with Gasteiger partial charge in [-0.05, 0) is 24.3 Å². The normalized spacial score (nSPS) is 15.3. The van der Waals surface area contributed by atoms with Gasteiger partial charge in [0.25, 0.3) is 0 Å². The van der Waals surface area contributed by atoms with Crippen molar-refractivity contribution in [3.63, 3.8) is 0 Å². The Morgan fingerprint density at radius 1 is 1.38 bits per heavy atom. The lowest BCUT2D eigenvalue weighted by atomic mass is 10.3. The quantitative estimate of drug-likeness (QED) is 0.891. The van der Waals surface area contributed by atoms with Gasteiger partial charge in [0.05, 0.1) is 15.6 Å². The molecule has 3 rings (SSSR count). The molecule has 1 fully saturated rings. The summed E-state index contributed by atoms with van der Waals surface area (Å²) in [6.45, 7) is 0. The Labute approximate surface area is 102 Å². The van der Waals surface area contributed by atoms with Crippen LogP contribution in [0.5, 0.6) is 0 Å². The highest BCUT2D eigenvalue weighted by atomic mass is 35.5. The molecule has 0 amide bonds. The fourth-order valence-corrected chi connectivity index (χ4v) is 2.72. The molecule has 16 heavy (non-hydrogen) atoms. The monoisotopic (exact) mass is 251 g/mol. The molecule has 0 saturated heterocycles. The average molecular weight is 252 g/mol. The zero-order valence-electron chi connectivity index (χ0n) is 8.48. The van der Waals surface area contributed by atoms with Gasteiger partial charge in [-0.2, -0.15) is 0 Å². The average Bonchev–Trinajstić information content (AvgIpc) is 3.01. The summed E-state index contributed by atoms with van der Waals surface area (Å²) in [7, 11) is 0. The summed E-state index contributed by atoms with van der Waals surface area (Å²) in [5, 5.41) is 2.68. The van der Waals surface area contributed by atoms with Crippen LogP contribution in [0, 0.1) is 0 Å². The van der Waals surface area contributed by atoms with E-state index in [0.29, 0.717) is 11.7 Å². The van der Waals surface area contributed by atoms with E-state index in [2.05, 4.69) is 9.97 Å². The van der Waals surface area contributed by atoms with E-state index in [-0.39, 0.29) is 0 Å². The van der Waals surface area contributed by atoms with Crippen LogP contribution in [0.2, 0.25) is 5.02 Å². The number of halogens is 1. The van der Waals surface area contributed by atoms with Crippen LogP contribution < -0.4 is 5.73 Å². The Kier molecular flexibility index (Phi) is 2.33. The summed E-state index contributed by atoms with van der Waals surface area (Å²) < 4.78 is 0. The maximum atomic E-state index is 6.08. The van der Waals surface area contributed by atoms with E-state index in [1.54, 1.807) is 17.4 Å². The Hall–Kier alpha value is -1.13. The molecule has 0 unspecified atom stereocenters. The second kappa shape index (κ2) is 3.71. The van der Waals surface area contributed by atoms with E-state index >= 15 is 0 Å². The first-order valence-electron chi connectivity index (χ1n) is 5.12. The van der Waals surface area contributed by atoms with E-state index in [1.165, 1.54) is 12.8 Å². The maximum Gasteiger partial charge on any atom is 0.134 e. The van der Waals surface area contributed by atoms with Gasteiger partial charge >= 0.3 is 0 Å². The highest BCUT2D eigenvalue weighted by Crippen LogP contribution is 2.40. The molecule has 0 bridgehead atoms. The van der Waals surface area contributed by atoms with Crippen molar-refractivity contribution >= 4 is 28.8 Å². The van der Waals surface area contributed by atoms with E-state index in [9.17, 15) is 0 Å². The first-order chi connectivity index (χ1) is 7.74. The second-order valence-corrected chi connectivity index (χ2v) is 5.23. The molecule has 2 aromatic rings. The van der Waals surface area contributed by atoms with Crippen LogP contribution in [0.1, 0.15) is 24.6 Å². The fourth-order valence-electron chi connectivity index (χ4n) is 1.60. The summed E-state index contributed by atoms with van der Waals surface area (Å²) in [6, 6.07) is 3.65. The lowest BCUT2D eigenvalue weighted by Crippen LogP contribution is -1.99. The molecular formula is C11H10ClN3S. The van der Waals surface area contributed by atoms with Crippen molar-refractivity contribution in [1.82, 2.24) is 9.97 Å². The Morgan fingerprint density at radius 3 is 2.81 bits per heavy atom. The molecule has 3 nitrogen and oxygen atoms in total. The van der Waals surface area contributed by atoms with Gasteiger partial charge in [0, 0.05) is 12.0 Å². The third-order valence-corrected chi connectivity index (χ3v) is 3.92. The lowest BCUT2D eigenvalue weighted by molar-refractivity contribution is 0.937. The molecule has 0 spiro atoms. The zero-order chi connectivity index (χ0) is 11.1. The van der Waals surface area contributed by atoms with Crippen LogP contribution >= 0.6 is 22.9 Å². The van der Waals surface area contributed by atoms with E-state index in [1.807, 2.05) is 11.4 Å². The van der Waals surface area contributed by atoms with Crippen molar-refractivity contribution in [2.75, 3.05) is 5.73 Å². The Balaban J connectivity index is 2.10. The SMILES string of the molecule is Nc1cc(-c2sccc2Cl)nc(C2CC2)n1. The largest absolute Gasteiger partial charge is 0.384 e. The minimum atomic E-state index is 0.501. The van der Waals surface area contributed by atoms with Crippen LogP contribution in [-0.2, 0) is 0 Å². The highest BCUT2D eigenvalue weighted by Gasteiger charge is 2.27. The molecule has 82 valence electrons. The van der Waals surface area contributed by atoms with Crippen molar-refractivity contribution in [3.8, 4) is 10.6 Å². The number of nitrogens with two attached hydrogens (primary N) is 1. The standard InChI is InChI=1S/C11H10ClN3S/c12-7-3-4-16-10(7)8-5-9(13)15-11(14-8)6-1-2-6/h3-6H,1-2H2,(H2,13,14,15). The van der Waals surface area contributed by atoms with E-state index in [4.69, 9.17) is 17.3 Å². The first kappa shape index (κ1) is 10.1. The first-order valence-corrected chi connectivity index (χ1v) is 6.37. The molecule has 5 heteroatoms. The van der Waals surface area contributed by atoms with Gasteiger partial charge in [-0.3, -0.25) is 0 Å². The second-order valence-electron chi connectivity index (χ2n) is 3.91. The molecule has 1 aliphatic rings. The van der Waals surface area contributed by atoms with Crippen molar-refractivity contribution in [2.24, 2.45) is 0 Å². The minimum absolute atomic E-state index is 0.501. The number of nitrogens with zero attached hydrogens (tertiary/aromatic N) is 2.